The van der Waals surface area contributed by atoms with E-state index in [1.165, 1.54) is 13.2 Å². The molecule has 0 radical (unpaired) electrons. The highest BCUT2D eigenvalue weighted by atomic mass is 16.5. The lowest BCUT2D eigenvalue weighted by Crippen LogP contribution is -2.21. The van der Waals surface area contributed by atoms with Gasteiger partial charge in [0.15, 0.2) is 23.1 Å². The van der Waals surface area contributed by atoms with Gasteiger partial charge in [-0.2, -0.15) is 5.10 Å². The van der Waals surface area contributed by atoms with Crippen molar-refractivity contribution in [1.29, 1.82) is 0 Å². The summed E-state index contributed by atoms with van der Waals surface area (Å²) in [5, 5.41) is 20.8. The van der Waals surface area contributed by atoms with Crippen molar-refractivity contribution in [1.82, 2.24) is 35.3 Å². The molecule has 1 amide bonds. The number of carbonyl (C=O) groups is 1. The summed E-state index contributed by atoms with van der Waals surface area (Å²) < 4.78 is 35.6. The van der Waals surface area contributed by atoms with Gasteiger partial charge in [0.1, 0.15) is 12.1 Å². The molecule has 3 aromatic heterocycles. The maximum absolute atomic E-state index is 12.9. The lowest BCUT2D eigenvalue weighted by atomic mass is 10.1. The average molecular weight is 491 g/mol. The summed E-state index contributed by atoms with van der Waals surface area (Å²) in [5.41, 5.74) is 3.40. The first-order chi connectivity index (χ1) is 18.6. The summed E-state index contributed by atoms with van der Waals surface area (Å²) in [6, 6.07) is 8.95. The SMILES string of the molecule is [2H]C([2H])([2H])NC(=O)c1nnc2cc1Nc1cc(cc(-c3ncn(C)n3)c1OC)COCc1cc(C)cc(n1)N2. The molecule has 0 fully saturated rings. The molecule has 3 N–H and O–H groups in total. The zero-order valence-corrected chi connectivity index (χ0v) is 19.8. The minimum absolute atomic E-state index is 0.176. The third-order valence-corrected chi connectivity index (χ3v) is 5.38. The van der Waals surface area contributed by atoms with Gasteiger partial charge in [-0.25, -0.2) is 9.97 Å². The number of hydrogen-bond acceptors (Lipinski definition) is 10. The molecule has 0 atom stereocenters. The number of amides is 1. The fourth-order valence-corrected chi connectivity index (χ4v) is 3.92. The molecule has 12 heteroatoms. The maximum Gasteiger partial charge on any atom is 0.273 e. The molecule has 12 nitrogen and oxygen atoms in total. The lowest BCUT2D eigenvalue weighted by Gasteiger charge is -2.18. The second-order valence-electron chi connectivity index (χ2n) is 8.18. The fraction of sp³-hybridized carbons (Fsp3) is 0.250. The van der Waals surface area contributed by atoms with Crippen molar-refractivity contribution in [3.63, 3.8) is 0 Å². The van der Waals surface area contributed by atoms with Crippen LogP contribution in [0.4, 0.5) is 23.0 Å². The van der Waals surface area contributed by atoms with E-state index in [9.17, 15) is 4.79 Å². The number of hydrogen-bond donors (Lipinski definition) is 3. The van der Waals surface area contributed by atoms with E-state index in [0.717, 1.165) is 11.1 Å². The number of ether oxygens (including phenoxy) is 2. The molecule has 0 unspecified atom stereocenters. The van der Waals surface area contributed by atoms with Crippen molar-refractivity contribution in [2.75, 3.05) is 24.7 Å². The summed E-state index contributed by atoms with van der Waals surface area (Å²) in [7, 11) is 3.26. The van der Waals surface area contributed by atoms with Gasteiger partial charge in [-0.05, 0) is 42.3 Å². The molecule has 5 rings (SSSR count). The molecule has 1 aromatic carbocycles. The number of rotatable bonds is 3. The minimum atomic E-state index is -2.72. The van der Waals surface area contributed by atoms with E-state index in [1.54, 1.807) is 24.1 Å². The molecule has 1 aliphatic heterocycles. The molecule has 4 aromatic rings. The van der Waals surface area contributed by atoms with Gasteiger partial charge in [-0.3, -0.25) is 9.48 Å². The molecular formula is C24H25N9O3. The standard InChI is InChI=1S/C24H25N9O3/c1-13-5-15-11-36-10-14-7-16(23-26-12-33(3)32-23)22(35-4)18(8-14)28-17-9-20(29-19(6-13)27-15)30-31-21(17)24(34)25-2/h5-9,12,28H,10-11H2,1-4H3,(H,25,34)(H,27,29,30)/i2D3. The summed E-state index contributed by atoms with van der Waals surface area (Å²) >= 11 is 0. The van der Waals surface area contributed by atoms with Crippen LogP contribution in [-0.2, 0) is 25.0 Å². The summed E-state index contributed by atoms with van der Waals surface area (Å²) in [6.45, 7) is -0.308. The number of aryl methyl sites for hydroxylation is 2. The van der Waals surface area contributed by atoms with Crippen molar-refractivity contribution in [3.05, 3.63) is 59.2 Å². The fourth-order valence-electron chi connectivity index (χ4n) is 3.92. The molecule has 36 heavy (non-hydrogen) atoms. The Morgan fingerprint density at radius 3 is 2.81 bits per heavy atom. The van der Waals surface area contributed by atoms with Gasteiger partial charge in [0.05, 0.1) is 43.0 Å². The minimum Gasteiger partial charge on any atom is -0.494 e. The largest absolute Gasteiger partial charge is 0.494 e. The van der Waals surface area contributed by atoms with Gasteiger partial charge in [0, 0.05) is 24.2 Å². The predicted octanol–water partition coefficient (Wildman–Crippen LogP) is 2.86. The summed E-state index contributed by atoms with van der Waals surface area (Å²) in [4.78, 5) is 21.8. The Labute approximate surface area is 211 Å². The normalized spacial score (nSPS) is 14.2. The monoisotopic (exact) mass is 490 g/mol. The Balaban J connectivity index is 1.68. The molecule has 0 spiro atoms. The second-order valence-corrected chi connectivity index (χ2v) is 8.18. The highest BCUT2D eigenvalue weighted by Gasteiger charge is 2.21. The van der Waals surface area contributed by atoms with Crippen molar-refractivity contribution in [3.8, 4) is 17.1 Å². The Bertz CT molecular complexity index is 1560. The molecule has 0 saturated heterocycles. The second kappa shape index (κ2) is 9.58. The highest BCUT2D eigenvalue weighted by molar-refractivity contribution is 5.99. The molecule has 184 valence electrons. The predicted molar refractivity (Wildman–Crippen MR) is 132 cm³/mol. The smallest absolute Gasteiger partial charge is 0.273 e. The van der Waals surface area contributed by atoms with Gasteiger partial charge in [-0.1, -0.05) is 0 Å². The number of pyridine rings is 1. The van der Waals surface area contributed by atoms with Crippen molar-refractivity contribution in [2.45, 2.75) is 20.1 Å². The topological polar surface area (TPSA) is 141 Å². The third-order valence-electron chi connectivity index (χ3n) is 5.38. The van der Waals surface area contributed by atoms with Crippen LogP contribution in [0.25, 0.3) is 11.4 Å². The summed E-state index contributed by atoms with van der Waals surface area (Å²) in [6.07, 6.45) is 1.57. The van der Waals surface area contributed by atoms with Gasteiger partial charge in [-0.15, -0.1) is 10.2 Å². The summed E-state index contributed by atoms with van der Waals surface area (Å²) in [5.74, 6) is 0.657. The maximum atomic E-state index is 12.9. The Morgan fingerprint density at radius 1 is 1.14 bits per heavy atom. The van der Waals surface area contributed by atoms with Gasteiger partial charge in [0.25, 0.3) is 5.91 Å². The van der Waals surface area contributed by atoms with E-state index in [1.807, 2.05) is 30.4 Å². The average Bonchev–Trinajstić information content (AvgIpc) is 3.28. The van der Waals surface area contributed by atoms with Crippen LogP contribution < -0.4 is 20.7 Å². The van der Waals surface area contributed by atoms with Crippen molar-refractivity contribution < 1.29 is 18.4 Å². The van der Waals surface area contributed by atoms with Crippen LogP contribution in [0.5, 0.6) is 5.75 Å². The highest BCUT2D eigenvalue weighted by Crippen LogP contribution is 2.39. The third kappa shape index (κ3) is 4.66. The van der Waals surface area contributed by atoms with Gasteiger partial charge >= 0.3 is 0 Å². The first kappa shape index (κ1) is 19.7. The molecule has 6 bridgehead atoms. The quantitative estimate of drug-likeness (QED) is 0.392. The number of nitrogens with one attached hydrogen (secondary N) is 3. The molecular weight excluding hydrogens is 462 g/mol. The van der Waals surface area contributed by atoms with Gasteiger partial charge < -0.3 is 25.4 Å². The van der Waals surface area contributed by atoms with Crippen LogP contribution in [-0.4, -0.2) is 49.9 Å². The number of anilines is 4. The van der Waals surface area contributed by atoms with Crippen LogP contribution in [0.3, 0.4) is 0 Å². The van der Waals surface area contributed by atoms with Crippen LogP contribution in [0.2, 0.25) is 0 Å². The van der Waals surface area contributed by atoms with Crippen LogP contribution >= 0.6 is 0 Å². The van der Waals surface area contributed by atoms with Gasteiger partial charge in [0.2, 0.25) is 0 Å². The number of carbonyl (C=O) groups excluding carboxylic acids is 1. The number of methoxy groups -OCH3 is 1. The van der Waals surface area contributed by atoms with E-state index in [4.69, 9.17) is 13.6 Å². The zero-order chi connectivity index (χ0) is 27.7. The molecule has 1 aliphatic rings. The first-order valence-corrected chi connectivity index (χ1v) is 10.9. The first-order valence-electron chi connectivity index (χ1n) is 12.4. The van der Waals surface area contributed by atoms with E-state index in [-0.39, 0.29) is 30.4 Å². The molecule has 0 saturated carbocycles. The van der Waals surface area contributed by atoms with Crippen molar-refractivity contribution >= 4 is 28.9 Å². The zero-order valence-electron chi connectivity index (χ0n) is 22.8. The lowest BCUT2D eigenvalue weighted by molar-refractivity contribution is 0.0958. The number of nitrogens with zero attached hydrogens (tertiary/aromatic N) is 6. The van der Waals surface area contributed by atoms with E-state index in [0.29, 0.717) is 34.3 Å². The van der Waals surface area contributed by atoms with E-state index < -0.39 is 12.9 Å². The van der Waals surface area contributed by atoms with Crippen molar-refractivity contribution in [2.24, 2.45) is 7.05 Å². The van der Waals surface area contributed by atoms with Crippen LogP contribution in [0.1, 0.15) is 31.4 Å². The number of aromatic nitrogens is 6. The number of benzene rings is 1. The molecule has 4 heterocycles. The van der Waals surface area contributed by atoms with Crippen LogP contribution in [0, 0.1) is 6.92 Å². The Kier molecular flexibility index (Phi) is 5.24. The Morgan fingerprint density at radius 2 is 2.03 bits per heavy atom. The molecule has 0 aliphatic carbocycles. The Hall–Kier alpha value is -4.58. The van der Waals surface area contributed by atoms with Crippen LogP contribution in [0.15, 0.2) is 36.7 Å². The van der Waals surface area contributed by atoms with E-state index in [2.05, 4.69) is 35.9 Å². The number of fused-ring (bicyclic) bond motifs is 6. The van der Waals surface area contributed by atoms with E-state index >= 15 is 0 Å².